The smallest absolute Gasteiger partial charge is 0.246 e. The molecule has 1 aliphatic carbocycles. The van der Waals surface area contributed by atoms with Gasteiger partial charge in [0.05, 0.1) is 5.54 Å². The van der Waals surface area contributed by atoms with E-state index in [1.165, 1.54) is 0 Å². The average molecular weight is 424 g/mol. The Morgan fingerprint density at radius 3 is 2.19 bits per heavy atom. The van der Waals surface area contributed by atoms with E-state index in [0.29, 0.717) is 18.9 Å². The summed E-state index contributed by atoms with van der Waals surface area (Å²) in [5, 5.41) is 0. The van der Waals surface area contributed by atoms with Crippen LogP contribution in [-0.4, -0.2) is 55.2 Å². The van der Waals surface area contributed by atoms with Gasteiger partial charge in [-0.15, -0.1) is 12.4 Å². The van der Waals surface area contributed by atoms with Crippen molar-refractivity contribution in [2.45, 2.75) is 42.5 Å². The molecule has 10 heteroatoms. The van der Waals surface area contributed by atoms with Gasteiger partial charge in [0, 0.05) is 32.2 Å². The summed E-state index contributed by atoms with van der Waals surface area (Å²) < 4.78 is 53.2. The van der Waals surface area contributed by atoms with Crippen LogP contribution < -0.4 is 5.73 Å². The number of piperazine rings is 1. The van der Waals surface area contributed by atoms with Crippen LogP contribution in [0.1, 0.15) is 32.1 Å². The molecule has 2 fully saturated rings. The van der Waals surface area contributed by atoms with Crippen molar-refractivity contribution in [1.82, 2.24) is 9.21 Å². The third-order valence-electron chi connectivity index (χ3n) is 5.21. The zero-order valence-corrected chi connectivity index (χ0v) is 16.5. The van der Waals surface area contributed by atoms with Crippen molar-refractivity contribution in [3.05, 3.63) is 29.8 Å². The Bertz CT molecular complexity index is 793. The van der Waals surface area contributed by atoms with Crippen LogP contribution in [0.5, 0.6) is 0 Å². The molecule has 0 spiro atoms. The first-order valence-corrected chi connectivity index (χ1v) is 10.2. The van der Waals surface area contributed by atoms with Crippen molar-refractivity contribution in [2.24, 2.45) is 5.73 Å². The summed E-state index contributed by atoms with van der Waals surface area (Å²) in [4.78, 5) is 13.8. The molecule has 0 unspecified atom stereocenters. The van der Waals surface area contributed by atoms with Crippen LogP contribution in [0.2, 0.25) is 0 Å². The Morgan fingerprint density at radius 1 is 1.04 bits per heavy atom. The average Bonchev–Trinajstić information content (AvgIpc) is 2.61. The van der Waals surface area contributed by atoms with E-state index < -0.39 is 32.1 Å². The fourth-order valence-corrected chi connectivity index (χ4v) is 5.13. The maximum atomic E-state index is 13.9. The van der Waals surface area contributed by atoms with Gasteiger partial charge in [-0.3, -0.25) is 4.79 Å². The number of halogens is 3. The number of sulfonamides is 1. The predicted octanol–water partition coefficient (Wildman–Crippen LogP) is 1.88. The highest BCUT2D eigenvalue weighted by atomic mass is 35.5. The van der Waals surface area contributed by atoms with E-state index in [4.69, 9.17) is 5.73 Å². The Kier molecular flexibility index (Phi) is 6.83. The topological polar surface area (TPSA) is 83.7 Å². The van der Waals surface area contributed by atoms with Crippen LogP contribution >= 0.6 is 12.4 Å². The quantitative estimate of drug-likeness (QED) is 0.804. The summed E-state index contributed by atoms with van der Waals surface area (Å²) in [7, 11) is -4.08. The minimum Gasteiger partial charge on any atom is -0.338 e. The van der Waals surface area contributed by atoms with Gasteiger partial charge in [-0.05, 0) is 25.0 Å². The van der Waals surface area contributed by atoms with E-state index in [1.807, 2.05) is 0 Å². The van der Waals surface area contributed by atoms with Crippen molar-refractivity contribution >= 4 is 28.3 Å². The summed E-state index contributed by atoms with van der Waals surface area (Å²) >= 11 is 0. The number of hydrogen-bond donors (Lipinski definition) is 1. The van der Waals surface area contributed by atoms with Gasteiger partial charge in [-0.25, -0.2) is 17.2 Å². The van der Waals surface area contributed by atoms with Crippen molar-refractivity contribution in [2.75, 3.05) is 26.2 Å². The third-order valence-corrected chi connectivity index (χ3v) is 7.14. The molecule has 0 radical (unpaired) electrons. The fourth-order valence-electron chi connectivity index (χ4n) is 3.67. The highest BCUT2D eigenvalue weighted by molar-refractivity contribution is 7.89. The van der Waals surface area contributed by atoms with Crippen molar-refractivity contribution in [3.63, 3.8) is 0 Å². The summed E-state index contributed by atoms with van der Waals surface area (Å²) in [6.45, 7) is 0.529. The highest BCUT2D eigenvalue weighted by Gasteiger charge is 2.40. The van der Waals surface area contributed by atoms with Gasteiger partial charge < -0.3 is 10.6 Å². The molecule has 1 aromatic carbocycles. The molecule has 1 aromatic rings. The SMILES string of the molecule is Cl.NC1(C(=O)N2CCN(S(=O)(=O)c3ccc(F)cc3F)CC2)CCCCC1. The van der Waals surface area contributed by atoms with Gasteiger partial charge in [-0.1, -0.05) is 19.3 Å². The number of hydrogen-bond acceptors (Lipinski definition) is 4. The first-order valence-electron chi connectivity index (χ1n) is 8.77. The number of nitrogens with two attached hydrogens (primary N) is 1. The van der Waals surface area contributed by atoms with E-state index in [9.17, 15) is 22.0 Å². The third kappa shape index (κ3) is 4.42. The number of benzene rings is 1. The first-order chi connectivity index (χ1) is 12.2. The molecule has 1 amide bonds. The molecule has 27 heavy (non-hydrogen) atoms. The van der Waals surface area contributed by atoms with E-state index >= 15 is 0 Å². The molecule has 2 aliphatic rings. The minimum atomic E-state index is -4.08. The minimum absolute atomic E-state index is 0. The normalized spacial score (nSPS) is 20.8. The lowest BCUT2D eigenvalue weighted by atomic mass is 9.81. The zero-order valence-electron chi connectivity index (χ0n) is 14.9. The second kappa shape index (κ2) is 8.38. The van der Waals surface area contributed by atoms with Gasteiger partial charge >= 0.3 is 0 Å². The maximum Gasteiger partial charge on any atom is 0.246 e. The number of nitrogens with zero attached hydrogens (tertiary/aromatic N) is 2. The summed E-state index contributed by atoms with van der Waals surface area (Å²) in [5.41, 5.74) is 5.41. The molecule has 1 heterocycles. The lowest BCUT2D eigenvalue weighted by molar-refractivity contribution is -0.139. The second-order valence-electron chi connectivity index (χ2n) is 6.99. The van der Waals surface area contributed by atoms with E-state index in [2.05, 4.69) is 0 Å². The van der Waals surface area contributed by atoms with Gasteiger partial charge in [-0.2, -0.15) is 4.31 Å². The number of amides is 1. The monoisotopic (exact) mass is 423 g/mol. The van der Waals surface area contributed by atoms with Gasteiger partial charge in [0.15, 0.2) is 0 Å². The van der Waals surface area contributed by atoms with Crippen LogP contribution in [0.4, 0.5) is 8.78 Å². The van der Waals surface area contributed by atoms with Crippen LogP contribution in [0.3, 0.4) is 0 Å². The van der Waals surface area contributed by atoms with E-state index in [0.717, 1.165) is 35.7 Å². The van der Waals surface area contributed by atoms with E-state index in [-0.39, 0.29) is 44.5 Å². The summed E-state index contributed by atoms with van der Waals surface area (Å²) in [5.74, 6) is -2.09. The number of carbonyl (C=O) groups is 1. The lowest BCUT2D eigenvalue weighted by Crippen LogP contribution is -2.60. The Morgan fingerprint density at radius 2 is 1.63 bits per heavy atom. The molecule has 2 N–H and O–H groups in total. The molecule has 0 bridgehead atoms. The molecular weight excluding hydrogens is 400 g/mol. The predicted molar refractivity (Wildman–Crippen MR) is 98.9 cm³/mol. The van der Waals surface area contributed by atoms with Gasteiger partial charge in [0.25, 0.3) is 0 Å². The summed E-state index contributed by atoms with van der Waals surface area (Å²) in [6, 6.07) is 2.39. The molecule has 0 aromatic heterocycles. The molecule has 152 valence electrons. The second-order valence-corrected chi connectivity index (χ2v) is 8.89. The first kappa shape index (κ1) is 22.0. The van der Waals surface area contributed by atoms with Crippen LogP contribution in [0.15, 0.2) is 23.1 Å². The molecule has 1 saturated heterocycles. The Labute approximate surface area is 164 Å². The Balaban J connectivity index is 0.00000261. The summed E-state index contributed by atoms with van der Waals surface area (Å²) in [6.07, 6.45) is 4.19. The Hall–Kier alpha value is -1.29. The number of carbonyl (C=O) groups excluding carboxylic acids is 1. The van der Waals surface area contributed by atoms with E-state index in [1.54, 1.807) is 4.90 Å². The lowest BCUT2D eigenvalue weighted by Gasteiger charge is -2.40. The zero-order chi connectivity index (χ0) is 18.9. The standard InChI is InChI=1S/C17H23F2N3O3S.ClH/c18-13-4-5-15(14(19)12-13)26(24,25)22-10-8-21(9-11-22)16(23)17(20)6-2-1-3-7-17;/h4-5,12H,1-3,6-11,20H2;1H. The van der Waals surface area contributed by atoms with Crippen molar-refractivity contribution in [1.29, 1.82) is 0 Å². The molecule has 1 saturated carbocycles. The van der Waals surface area contributed by atoms with Crippen LogP contribution in [-0.2, 0) is 14.8 Å². The molecule has 6 nitrogen and oxygen atoms in total. The van der Waals surface area contributed by atoms with Gasteiger partial charge in [0.2, 0.25) is 15.9 Å². The maximum absolute atomic E-state index is 13.9. The molecule has 1 aliphatic heterocycles. The molecule has 3 rings (SSSR count). The highest BCUT2D eigenvalue weighted by Crippen LogP contribution is 2.29. The van der Waals surface area contributed by atoms with Crippen molar-refractivity contribution < 1.29 is 22.0 Å². The molecular formula is C17H24ClF2N3O3S. The fraction of sp³-hybridized carbons (Fsp3) is 0.588. The van der Waals surface area contributed by atoms with Crippen LogP contribution in [0.25, 0.3) is 0 Å². The van der Waals surface area contributed by atoms with Gasteiger partial charge in [0.1, 0.15) is 16.5 Å². The van der Waals surface area contributed by atoms with Crippen LogP contribution in [0, 0.1) is 11.6 Å². The molecule has 0 atom stereocenters. The largest absolute Gasteiger partial charge is 0.338 e. The number of rotatable bonds is 3. The van der Waals surface area contributed by atoms with Crippen molar-refractivity contribution in [3.8, 4) is 0 Å².